The van der Waals surface area contributed by atoms with Gasteiger partial charge < -0.3 is 12.3 Å². The van der Waals surface area contributed by atoms with Gasteiger partial charge in [0.1, 0.15) is 0 Å². The first-order valence-corrected chi connectivity index (χ1v) is 1.70. The van der Waals surface area contributed by atoms with E-state index in [1.165, 1.54) is 0 Å². The molecule has 0 spiro atoms. The van der Waals surface area contributed by atoms with E-state index in [4.69, 9.17) is 0 Å². The molecule has 0 rings (SSSR count). The van der Waals surface area contributed by atoms with Crippen LogP contribution >= 0.6 is 0 Å². The van der Waals surface area contributed by atoms with Gasteiger partial charge in [0.25, 0.3) is 0 Å². The van der Waals surface area contributed by atoms with Gasteiger partial charge in [-0.2, -0.15) is 0 Å². The summed E-state index contributed by atoms with van der Waals surface area (Å²) in [5.41, 5.74) is 0. The Kier molecular flexibility index (Phi) is 8.42. The molecule has 0 heterocycles. The normalized spacial score (nSPS) is 7.20. The van der Waals surface area contributed by atoms with Crippen molar-refractivity contribution in [3.05, 3.63) is 0 Å². The average molecular weight is 92.0 g/mol. The minimum Gasteiger partial charge on any atom is -0.443 e. The largest absolute Gasteiger partial charge is 1.00 e. The van der Waals surface area contributed by atoms with Gasteiger partial charge in [0.2, 0.25) is 0 Å². The molecule has 0 saturated heterocycles. The van der Waals surface area contributed by atoms with E-state index < -0.39 is 9.80 Å². The van der Waals surface area contributed by atoms with Crippen molar-refractivity contribution in [3.8, 4) is 0 Å². The summed E-state index contributed by atoms with van der Waals surface area (Å²) in [6.07, 6.45) is 0. The van der Waals surface area contributed by atoms with Gasteiger partial charge in [0.15, 0.2) is 0 Å². The minimum atomic E-state index is -4.38. The minimum absolute atomic E-state index is 0. The molecule has 0 amide bonds. The van der Waals surface area contributed by atoms with E-state index in [-0.39, 0.29) is 18.9 Å². The van der Waals surface area contributed by atoms with Crippen LogP contribution in [-0.2, 0) is 0 Å². The van der Waals surface area contributed by atoms with Gasteiger partial charge in [0, 0.05) is 0 Å². The van der Waals surface area contributed by atoms with Crippen molar-refractivity contribution in [1.29, 1.82) is 0 Å². The fraction of sp³-hybridized carbons (Fsp3) is 0. The van der Waals surface area contributed by atoms with Crippen molar-refractivity contribution in [3.63, 3.8) is 0 Å². The van der Waals surface area contributed by atoms with Gasteiger partial charge in [-0.05, 0) is 0 Å². The SMILES string of the molecule is F[Si-](F)F.[Li+]. The molecule has 0 nitrogen and oxygen atoms in total. The molecule has 0 N–H and O–H groups in total. The van der Waals surface area contributed by atoms with Crippen LogP contribution in [0.25, 0.3) is 0 Å². The van der Waals surface area contributed by atoms with E-state index in [1.54, 1.807) is 0 Å². The molecule has 0 aromatic carbocycles. The van der Waals surface area contributed by atoms with Crippen LogP contribution in [0.4, 0.5) is 12.3 Å². The van der Waals surface area contributed by atoms with E-state index in [2.05, 4.69) is 0 Å². The van der Waals surface area contributed by atoms with Gasteiger partial charge in [-0.1, -0.05) is 0 Å². The Labute approximate surface area is 41.7 Å². The predicted molar refractivity (Wildman–Crippen MR) is 9.08 cm³/mol. The molecule has 0 unspecified atom stereocenters. The second-order valence-corrected chi connectivity index (χ2v) is 0.643. The first-order chi connectivity index (χ1) is 1.73. The molecule has 5 heteroatoms. The summed E-state index contributed by atoms with van der Waals surface area (Å²) in [5.74, 6) is 0. The van der Waals surface area contributed by atoms with Gasteiger partial charge in [0.05, 0.1) is 0 Å². The molecule has 0 aliphatic carbocycles. The number of halogens is 3. The van der Waals surface area contributed by atoms with E-state index >= 15 is 0 Å². The number of hydrogen-bond acceptors (Lipinski definition) is 0. The summed E-state index contributed by atoms with van der Waals surface area (Å²) in [6, 6.07) is 0. The third-order valence-corrected chi connectivity index (χ3v) is 0. The molecule has 26 valence electrons. The maximum absolute atomic E-state index is 9.77. The van der Waals surface area contributed by atoms with Crippen LogP contribution in [0.2, 0.25) is 0 Å². The van der Waals surface area contributed by atoms with Crippen LogP contribution in [0.5, 0.6) is 0 Å². The van der Waals surface area contributed by atoms with Gasteiger partial charge in [-0.15, -0.1) is 0 Å². The molecular weight excluding hydrogens is 92.0 g/mol. The Balaban J connectivity index is 0. The van der Waals surface area contributed by atoms with E-state index in [9.17, 15) is 12.3 Å². The van der Waals surface area contributed by atoms with Crippen LogP contribution in [0.15, 0.2) is 0 Å². The smallest absolute Gasteiger partial charge is 0.443 e. The third kappa shape index (κ3) is 85.5. The molecule has 5 heavy (non-hydrogen) atoms. The predicted octanol–water partition coefficient (Wildman–Crippen LogP) is -2.12. The zero-order chi connectivity index (χ0) is 3.58. The second kappa shape index (κ2) is 4.60. The first kappa shape index (κ1) is 9.15. The molecule has 0 aromatic rings. The van der Waals surface area contributed by atoms with Gasteiger partial charge in [-0.25, -0.2) is 0 Å². The Morgan fingerprint density at radius 3 is 1.00 bits per heavy atom. The van der Waals surface area contributed by atoms with Crippen molar-refractivity contribution in [2.24, 2.45) is 0 Å². The first-order valence-electron chi connectivity index (χ1n) is 0.567. The molecule has 0 bridgehead atoms. The average Bonchev–Trinajstić information content (AvgIpc) is 0.811. The quantitative estimate of drug-likeness (QED) is 0.237. The number of hydrogen-bond donors (Lipinski definition) is 0. The Bertz CT molecular complexity index is 11.6. The molecular formula is F3LiSi. The molecule has 0 saturated carbocycles. The summed E-state index contributed by atoms with van der Waals surface area (Å²) in [5, 5.41) is 0. The van der Waals surface area contributed by atoms with Crippen molar-refractivity contribution >= 4 is 9.80 Å². The molecule has 0 aromatic heterocycles. The number of rotatable bonds is 0. The standard InChI is InChI=1S/F3Si.Li/c1-4(2)3;/q-1;+1. The van der Waals surface area contributed by atoms with Gasteiger partial charge in [-0.3, -0.25) is 0 Å². The Hall–Kier alpha value is 0.604. The maximum atomic E-state index is 9.77. The zero-order valence-electron chi connectivity index (χ0n) is 2.63. The summed E-state index contributed by atoms with van der Waals surface area (Å²) in [4.78, 5) is 0. The Morgan fingerprint density at radius 1 is 1.00 bits per heavy atom. The van der Waals surface area contributed by atoms with Crippen LogP contribution in [0.1, 0.15) is 0 Å². The fourth-order valence-electron chi connectivity index (χ4n) is 0. The molecule has 0 fully saturated rings. The van der Waals surface area contributed by atoms with Crippen LogP contribution in [-0.4, -0.2) is 9.80 Å². The molecule has 0 aliphatic heterocycles. The summed E-state index contributed by atoms with van der Waals surface area (Å²) in [6.45, 7) is 0. The zero-order valence-corrected chi connectivity index (χ0v) is 3.63. The van der Waals surface area contributed by atoms with Crippen LogP contribution in [0.3, 0.4) is 0 Å². The maximum Gasteiger partial charge on any atom is 1.00 e. The van der Waals surface area contributed by atoms with Crippen molar-refractivity contribution < 1.29 is 31.2 Å². The Morgan fingerprint density at radius 2 is 1.00 bits per heavy atom. The van der Waals surface area contributed by atoms with Crippen molar-refractivity contribution in [1.82, 2.24) is 0 Å². The molecule has 0 atom stereocenters. The van der Waals surface area contributed by atoms with Crippen LogP contribution in [0, 0.1) is 0 Å². The van der Waals surface area contributed by atoms with Crippen molar-refractivity contribution in [2.45, 2.75) is 0 Å². The topological polar surface area (TPSA) is 0 Å². The van der Waals surface area contributed by atoms with E-state index in [1.807, 2.05) is 0 Å². The van der Waals surface area contributed by atoms with E-state index in [0.717, 1.165) is 0 Å². The van der Waals surface area contributed by atoms with E-state index in [0.29, 0.717) is 0 Å². The fourth-order valence-corrected chi connectivity index (χ4v) is 0. The third-order valence-electron chi connectivity index (χ3n) is 0. The van der Waals surface area contributed by atoms with Crippen LogP contribution < -0.4 is 18.9 Å². The summed E-state index contributed by atoms with van der Waals surface area (Å²) >= 11 is 0. The monoisotopic (exact) mass is 92.0 g/mol. The molecule has 0 aliphatic rings. The van der Waals surface area contributed by atoms with Gasteiger partial charge >= 0.3 is 28.7 Å². The summed E-state index contributed by atoms with van der Waals surface area (Å²) < 4.78 is 29.3. The molecule has 0 radical (unpaired) electrons. The van der Waals surface area contributed by atoms with Crippen molar-refractivity contribution in [2.75, 3.05) is 0 Å². The second-order valence-electron chi connectivity index (χ2n) is 0.214. The summed E-state index contributed by atoms with van der Waals surface area (Å²) in [7, 11) is -4.38.